The zero-order valence-electron chi connectivity index (χ0n) is 23.9. The first-order chi connectivity index (χ1) is 20.4. The van der Waals surface area contributed by atoms with Crippen LogP contribution in [0, 0.1) is 0 Å². The minimum Gasteiger partial charge on any atom is -0.462 e. The molecular formula is C31H36ClN7O3. The molecule has 0 bridgehead atoms. The third-order valence-electron chi connectivity index (χ3n) is 7.39. The highest BCUT2D eigenvalue weighted by Crippen LogP contribution is 2.29. The van der Waals surface area contributed by atoms with Gasteiger partial charge in [0.1, 0.15) is 10.6 Å². The fourth-order valence-electron chi connectivity index (χ4n) is 5.07. The molecule has 2 aliphatic rings. The summed E-state index contributed by atoms with van der Waals surface area (Å²) in [5, 5.41) is 6.69. The maximum absolute atomic E-state index is 13.2. The lowest BCUT2D eigenvalue weighted by molar-refractivity contribution is -0.140. The van der Waals surface area contributed by atoms with Crippen LogP contribution in [0.25, 0.3) is 6.08 Å². The molecule has 2 N–H and O–H groups in total. The summed E-state index contributed by atoms with van der Waals surface area (Å²) < 4.78 is 5.15. The molecule has 11 heteroatoms. The van der Waals surface area contributed by atoms with Crippen LogP contribution in [0.5, 0.6) is 0 Å². The molecule has 0 aliphatic carbocycles. The number of hydrogen-bond acceptors (Lipinski definition) is 9. The van der Waals surface area contributed by atoms with E-state index in [2.05, 4.69) is 49.6 Å². The molecule has 1 unspecified atom stereocenters. The first-order valence-electron chi connectivity index (χ1n) is 14.2. The summed E-state index contributed by atoms with van der Waals surface area (Å²) in [6.45, 7) is 7.15. The van der Waals surface area contributed by atoms with E-state index in [1.165, 1.54) is 5.69 Å². The highest BCUT2D eigenvalue weighted by Gasteiger charge is 2.29. The van der Waals surface area contributed by atoms with Crippen LogP contribution in [-0.4, -0.2) is 85.7 Å². The van der Waals surface area contributed by atoms with Crippen molar-refractivity contribution in [3.63, 3.8) is 0 Å². The third-order valence-corrected chi connectivity index (χ3v) is 7.66. The van der Waals surface area contributed by atoms with Gasteiger partial charge in [-0.25, -0.2) is 9.78 Å². The fraction of sp³-hybridized carbons (Fsp3) is 0.355. The van der Waals surface area contributed by atoms with E-state index in [9.17, 15) is 9.59 Å². The molecular weight excluding hydrogens is 554 g/mol. The van der Waals surface area contributed by atoms with Gasteiger partial charge in [-0.3, -0.25) is 4.79 Å². The molecule has 1 atom stereocenters. The molecule has 5 rings (SSSR count). The molecule has 2 aromatic carbocycles. The van der Waals surface area contributed by atoms with E-state index in [4.69, 9.17) is 16.3 Å². The number of amides is 1. The van der Waals surface area contributed by atoms with E-state index in [1.807, 2.05) is 47.4 Å². The molecule has 3 aromatic rings. The third kappa shape index (κ3) is 7.37. The maximum Gasteiger partial charge on any atom is 0.343 e. The molecule has 2 saturated heterocycles. The normalized spacial score (nSPS) is 17.7. The molecule has 220 valence electrons. The highest BCUT2D eigenvalue weighted by molar-refractivity contribution is 6.32. The minimum absolute atomic E-state index is 0.0355. The van der Waals surface area contributed by atoms with Crippen LogP contribution < -0.4 is 20.4 Å². The van der Waals surface area contributed by atoms with Crippen molar-refractivity contribution in [3.8, 4) is 0 Å². The summed E-state index contributed by atoms with van der Waals surface area (Å²) in [5.74, 6) is -0.102. The molecule has 42 heavy (non-hydrogen) atoms. The molecule has 0 radical (unpaired) electrons. The van der Waals surface area contributed by atoms with Crippen LogP contribution in [0.15, 0.2) is 66.4 Å². The topological polar surface area (TPSA) is 103 Å². The summed E-state index contributed by atoms with van der Waals surface area (Å²) in [6.07, 6.45) is 3.80. The molecule has 3 heterocycles. The number of ether oxygens (including phenoxy) is 1. The van der Waals surface area contributed by atoms with Gasteiger partial charge in [0, 0.05) is 56.7 Å². The maximum atomic E-state index is 13.2. The Bertz CT molecular complexity index is 1410. The van der Waals surface area contributed by atoms with Crippen molar-refractivity contribution in [1.82, 2.24) is 20.2 Å². The molecule has 10 nitrogen and oxygen atoms in total. The van der Waals surface area contributed by atoms with Crippen molar-refractivity contribution in [2.75, 3.05) is 68.0 Å². The summed E-state index contributed by atoms with van der Waals surface area (Å²) in [4.78, 5) is 41.5. The molecule has 1 aromatic heterocycles. The van der Waals surface area contributed by atoms with Crippen molar-refractivity contribution >= 4 is 52.7 Å². The van der Waals surface area contributed by atoms with Crippen molar-refractivity contribution in [2.24, 2.45) is 0 Å². The van der Waals surface area contributed by atoms with E-state index in [0.29, 0.717) is 36.3 Å². The van der Waals surface area contributed by atoms with Gasteiger partial charge in [0.25, 0.3) is 5.91 Å². The van der Waals surface area contributed by atoms with E-state index >= 15 is 0 Å². The number of carbonyl (C=O) groups excluding carboxylic acids is 2. The largest absolute Gasteiger partial charge is 0.462 e. The Hall–Kier alpha value is -4.15. The van der Waals surface area contributed by atoms with Crippen LogP contribution >= 0.6 is 11.6 Å². The number of anilines is 4. The van der Waals surface area contributed by atoms with Gasteiger partial charge in [-0.2, -0.15) is 4.98 Å². The summed E-state index contributed by atoms with van der Waals surface area (Å²) in [6, 6.07) is 17.3. The predicted octanol–water partition coefficient (Wildman–Crippen LogP) is 3.97. The van der Waals surface area contributed by atoms with Crippen LogP contribution in [-0.2, 0) is 14.3 Å². The first-order valence-corrected chi connectivity index (χ1v) is 14.6. The lowest BCUT2D eigenvalue weighted by Gasteiger charge is -2.34. The highest BCUT2D eigenvalue weighted by atomic mass is 35.5. The molecule has 2 fully saturated rings. The molecule has 1 amide bonds. The first kappa shape index (κ1) is 29.3. The van der Waals surface area contributed by atoms with Gasteiger partial charge in [0.05, 0.1) is 12.8 Å². The number of likely N-dealkylation sites (N-methyl/N-ethyl adjacent to an activating group) is 1. The second-order valence-electron chi connectivity index (χ2n) is 10.4. The van der Waals surface area contributed by atoms with Crippen molar-refractivity contribution in [1.29, 1.82) is 0 Å². The van der Waals surface area contributed by atoms with Crippen molar-refractivity contribution in [2.45, 2.75) is 19.4 Å². The van der Waals surface area contributed by atoms with E-state index < -0.39 is 11.9 Å². The second-order valence-corrected chi connectivity index (χ2v) is 10.8. The lowest BCUT2D eigenvalue weighted by atomic mass is 10.1. The minimum atomic E-state index is -0.653. The number of carbonyl (C=O) groups is 2. The van der Waals surface area contributed by atoms with Crippen LogP contribution in [0.2, 0.25) is 5.02 Å². The smallest absolute Gasteiger partial charge is 0.343 e. The van der Waals surface area contributed by atoms with Crippen LogP contribution in [0.3, 0.4) is 0 Å². The van der Waals surface area contributed by atoms with Crippen molar-refractivity contribution < 1.29 is 14.3 Å². The number of benzene rings is 2. The Labute approximate surface area is 251 Å². The lowest BCUT2D eigenvalue weighted by Crippen LogP contribution is -2.44. The Morgan fingerprint density at radius 1 is 1.02 bits per heavy atom. The van der Waals surface area contributed by atoms with Crippen LogP contribution in [0.1, 0.15) is 18.9 Å². The van der Waals surface area contributed by atoms with E-state index in [1.54, 1.807) is 19.2 Å². The zero-order valence-corrected chi connectivity index (χ0v) is 24.7. The number of hydrogen-bond donors (Lipinski definition) is 2. The monoisotopic (exact) mass is 589 g/mol. The number of piperazine rings is 1. The Kier molecular flexibility index (Phi) is 9.55. The van der Waals surface area contributed by atoms with Gasteiger partial charge in [0.15, 0.2) is 5.82 Å². The summed E-state index contributed by atoms with van der Waals surface area (Å²) in [7, 11) is 2.15. The van der Waals surface area contributed by atoms with Crippen LogP contribution in [0.4, 0.5) is 23.1 Å². The second kappa shape index (κ2) is 13.7. The van der Waals surface area contributed by atoms with Gasteiger partial charge in [-0.15, -0.1) is 0 Å². The predicted molar refractivity (Wildman–Crippen MR) is 166 cm³/mol. The average Bonchev–Trinajstić information content (AvgIpc) is 3.46. The van der Waals surface area contributed by atoms with Gasteiger partial charge < -0.3 is 30.1 Å². The number of nitrogens with zero attached hydrogens (tertiary/aromatic N) is 5. The van der Waals surface area contributed by atoms with E-state index in [-0.39, 0.29) is 18.2 Å². The number of halogens is 1. The van der Waals surface area contributed by atoms with Crippen molar-refractivity contribution in [3.05, 3.63) is 77.0 Å². The Morgan fingerprint density at radius 3 is 2.48 bits per heavy atom. The summed E-state index contributed by atoms with van der Waals surface area (Å²) in [5.41, 5.74) is 2.78. The fourth-order valence-corrected chi connectivity index (χ4v) is 5.28. The Morgan fingerprint density at radius 2 is 1.76 bits per heavy atom. The van der Waals surface area contributed by atoms with E-state index in [0.717, 1.165) is 37.4 Å². The standard InChI is InChI=1S/C31H36ClN7O3/c1-3-42-30(41)26(19-22-7-5-4-6-8-22)29(40)34-24-13-14-39(21-24)28-27(32)20-33-31(36-28)35-23-9-11-25(12-10-23)38-17-15-37(2)16-18-38/h4-12,19-20,24H,3,13-18,21H2,1-2H3,(H,34,40)(H,33,35,36). The average molecular weight is 590 g/mol. The Balaban J connectivity index is 1.22. The number of aromatic nitrogens is 2. The van der Waals surface area contributed by atoms with Gasteiger partial charge >= 0.3 is 5.97 Å². The SMILES string of the molecule is CCOC(=O)C(=Cc1ccccc1)C(=O)NC1CCN(c2nc(Nc3ccc(N4CCN(C)CC4)cc3)ncc2Cl)C1. The number of esters is 1. The molecule has 0 spiro atoms. The van der Waals surface area contributed by atoms with Gasteiger partial charge in [-0.05, 0) is 56.3 Å². The van der Waals surface area contributed by atoms with Gasteiger partial charge in [-0.1, -0.05) is 41.9 Å². The summed E-state index contributed by atoms with van der Waals surface area (Å²) >= 11 is 6.51. The molecule has 2 aliphatic heterocycles. The van der Waals surface area contributed by atoms with Gasteiger partial charge in [0.2, 0.25) is 5.95 Å². The molecule has 0 saturated carbocycles. The number of nitrogens with one attached hydrogen (secondary N) is 2. The quantitative estimate of drug-likeness (QED) is 0.166. The number of rotatable bonds is 9. The zero-order chi connectivity index (χ0) is 29.5.